The average Bonchev–Trinajstić information content (AvgIpc) is 2.71. The predicted octanol–water partition coefficient (Wildman–Crippen LogP) is 2.96. The quantitative estimate of drug-likeness (QED) is 0.835. The lowest BCUT2D eigenvalue weighted by atomic mass is 10.2. The van der Waals surface area contributed by atoms with Crippen LogP contribution in [0.5, 0.6) is 0 Å². The zero-order valence-electron chi connectivity index (χ0n) is 10.4. The molecule has 0 spiro atoms. The third-order valence-corrected chi connectivity index (χ3v) is 3.68. The summed E-state index contributed by atoms with van der Waals surface area (Å²) < 4.78 is 12.8. The zero-order chi connectivity index (χ0) is 13.3. The molecule has 0 radical (unpaired) electrons. The summed E-state index contributed by atoms with van der Waals surface area (Å²) in [6, 6.07) is 6.11. The molecule has 1 heterocycles. The molecule has 1 amide bonds. The molecule has 18 heavy (non-hydrogen) atoms. The van der Waals surface area contributed by atoms with E-state index < -0.39 is 0 Å². The van der Waals surface area contributed by atoms with Gasteiger partial charge in [0.15, 0.2) is 0 Å². The number of aromatic nitrogens is 1. The fraction of sp³-hybridized carbons (Fsp3) is 0.231. The van der Waals surface area contributed by atoms with E-state index in [9.17, 15) is 9.18 Å². The second-order valence-electron chi connectivity index (χ2n) is 4.14. The van der Waals surface area contributed by atoms with Gasteiger partial charge in [-0.25, -0.2) is 9.37 Å². The molecule has 94 valence electrons. The van der Waals surface area contributed by atoms with Gasteiger partial charge in [0.1, 0.15) is 15.7 Å². The molecule has 5 heteroatoms. The first-order valence-corrected chi connectivity index (χ1v) is 6.25. The van der Waals surface area contributed by atoms with Crippen molar-refractivity contribution < 1.29 is 9.18 Å². The first-order chi connectivity index (χ1) is 8.49. The van der Waals surface area contributed by atoms with Crippen molar-refractivity contribution in [1.29, 1.82) is 0 Å². The molecule has 0 bridgehead atoms. The number of benzene rings is 1. The molecule has 3 nitrogen and oxygen atoms in total. The highest BCUT2D eigenvalue weighted by Gasteiger charge is 2.17. The number of hydrogen-bond acceptors (Lipinski definition) is 3. The summed E-state index contributed by atoms with van der Waals surface area (Å²) in [6.45, 7) is 1.81. The van der Waals surface area contributed by atoms with Gasteiger partial charge in [-0.1, -0.05) is 0 Å². The highest BCUT2D eigenvalue weighted by molar-refractivity contribution is 7.17. The van der Waals surface area contributed by atoms with Crippen LogP contribution in [0, 0.1) is 12.7 Å². The second kappa shape index (κ2) is 4.86. The van der Waals surface area contributed by atoms with E-state index in [0.29, 0.717) is 10.6 Å². The van der Waals surface area contributed by atoms with Crippen LogP contribution >= 0.6 is 11.3 Å². The highest BCUT2D eigenvalue weighted by Crippen LogP contribution is 2.28. The molecule has 0 saturated carbocycles. The van der Waals surface area contributed by atoms with E-state index in [2.05, 4.69) is 4.98 Å². The largest absolute Gasteiger partial charge is 0.344 e. The Morgan fingerprint density at radius 1 is 1.28 bits per heavy atom. The smallest absolute Gasteiger partial charge is 0.265 e. The number of rotatable bonds is 2. The summed E-state index contributed by atoms with van der Waals surface area (Å²) in [6.07, 6.45) is 0. The Bertz CT molecular complexity index is 575. The summed E-state index contributed by atoms with van der Waals surface area (Å²) in [5, 5.41) is 0.734. The molecule has 0 atom stereocenters. The minimum atomic E-state index is -0.281. The van der Waals surface area contributed by atoms with E-state index in [1.54, 1.807) is 33.2 Å². The number of thiazole rings is 1. The van der Waals surface area contributed by atoms with Gasteiger partial charge >= 0.3 is 0 Å². The zero-order valence-corrected chi connectivity index (χ0v) is 11.2. The summed E-state index contributed by atoms with van der Waals surface area (Å²) in [4.78, 5) is 18.4. The highest BCUT2D eigenvalue weighted by atomic mass is 32.1. The molecule has 1 aromatic heterocycles. The first kappa shape index (κ1) is 12.7. The molecule has 2 rings (SSSR count). The number of carbonyl (C=O) groups is 1. The molecular weight excluding hydrogens is 251 g/mol. The minimum absolute atomic E-state index is 0.0571. The number of halogens is 1. The molecule has 1 aromatic carbocycles. The third-order valence-electron chi connectivity index (χ3n) is 2.49. The number of nitrogens with zero attached hydrogens (tertiary/aromatic N) is 2. The first-order valence-electron chi connectivity index (χ1n) is 5.44. The van der Waals surface area contributed by atoms with Crippen molar-refractivity contribution in [2.75, 3.05) is 14.1 Å². The van der Waals surface area contributed by atoms with Gasteiger partial charge in [-0.05, 0) is 31.2 Å². The molecule has 0 saturated heterocycles. The van der Waals surface area contributed by atoms with Crippen molar-refractivity contribution >= 4 is 17.2 Å². The van der Waals surface area contributed by atoms with E-state index in [0.717, 1.165) is 10.6 Å². The van der Waals surface area contributed by atoms with Crippen LogP contribution in [0.2, 0.25) is 0 Å². The van der Waals surface area contributed by atoms with E-state index in [-0.39, 0.29) is 11.7 Å². The maximum absolute atomic E-state index is 12.8. The molecular formula is C13H13FN2OS. The van der Waals surface area contributed by atoms with Gasteiger partial charge in [-0.3, -0.25) is 4.79 Å². The number of amides is 1. The number of carbonyl (C=O) groups excluding carboxylic acids is 1. The lowest BCUT2D eigenvalue weighted by Gasteiger charge is -2.07. The van der Waals surface area contributed by atoms with Gasteiger partial charge in [0, 0.05) is 19.7 Å². The molecule has 0 aliphatic carbocycles. The van der Waals surface area contributed by atoms with E-state index >= 15 is 0 Å². The van der Waals surface area contributed by atoms with Gasteiger partial charge < -0.3 is 4.90 Å². The minimum Gasteiger partial charge on any atom is -0.344 e. The van der Waals surface area contributed by atoms with Crippen molar-refractivity contribution in [2.45, 2.75) is 6.92 Å². The van der Waals surface area contributed by atoms with E-state index in [1.165, 1.54) is 28.4 Å². The van der Waals surface area contributed by atoms with Crippen LogP contribution in [0.25, 0.3) is 10.6 Å². The fourth-order valence-electron chi connectivity index (χ4n) is 1.51. The van der Waals surface area contributed by atoms with Crippen molar-refractivity contribution in [1.82, 2.24) is 9.88 Å². The standard InChI is InChI=1S/C13H13FN2OS/c1-8-11(13(17)16(2)3)18-12(15-8)9-4-6-10(14)7-5-9/h4-7H,1-3H3. The fourth-order valence-corrected chi connectivity index (χ4v) is 2.61. The van der Waals surface area contributed by atoms with Crippen LogP contribution in [0.4, 0.5) is 4.39 Å². The van der Waals surface area contributed by atoms with Crippen molar-refractivity contribution in [3.05, 3.63) is 40.7 Å². The van der Waals surface area contributed by atoms with Gasteiger partial charge in [0.05, 0.1) is 5.69 Å². The van der Waals surface area contributed by atoms with Crippen LogP contribution < -0.4 is 0 Å². The van der Waals surface area contributed by atoms with E-state index in [1.807, 2.05) is 0 Å². The predicted molar refractivity (Wildman–Crippen MR) is 70.3 cm³/mol. The SMILES string of the molecule is Cc1nc(-c2ccc(F)cc2)sc1C(=O)N(C)C. The Balaban J connectivity index is 2.40. The Labute approximate surface area is 109 Å². The normalized spacial score (nSPS) is 10.4. The number of hydrogen-bond donors (Lipinski definition) is 0. The Morgan fingerprint density at radius 2 is 1.89 bits per heavy atom. The summed E-state index contributed by atoms with van der Waals surface area (Å²) >= 11 is 1.33. The average molecular weight is 264 g/mol. The summed E-state index contributed by atoms with van der Waals surface area (Å²) in [7, 11) is 3.41. The van der Waals surface area contributed by atoms with Crippen LogP contribution in [0.15, 0.2) is 24.3 Å². The van der Waals surface area contributed by atoms with Crippen LogP contribution in [0.1, 0.15) is 15.4 Å². The Hall–Kier alpha value is -1.75. The molecule has 2 aromatic rings. The molecule has 0 aliphatic rings. The third kappa shape index (κ3) is 2.41. The van der Waals surface area contributed by atoms with Crippen LogP contribution in [0.3, 0.4) is 0 Å². The Morgan fingerprint density at radius 3 is 2.44 bits per heavy atom. The summed E-state index contributed by atoms with van der Waals surface area (Å²) in [5.74, 6) is -0.338. The van der Waals surface area contributed by atoms with Gasteiger partial charge in [-0.2, -0.15) is 0 Å². The monoisotopic (exact) mass is 264 g/mol. The lowest BCUT2D eigenvalue weighted by molar-refractivity contribution is 0.0831. The van der Waals surface area contributed by atoms with Gasteiger partial charge in [0.25, 0.3) is 5.91 Å². The molecule has 0 fully saturated rings. The van der Waals surface area contributed by atoms with Gasteiger partial charge in [-0.15, -0.1) is 11.3 Å². The van der Waals surface area contributed by atoms with Crippen LogP contribution in [-0.2, 0) is 0 Å². The lowest BCUT2D eigenvalue weighted by Crippen LogP contribution is -2.21. The molecule has 0 aliphatic heterocycles. The molecule has 0 N–H and O–H groups in total. The van der Waals surface area contributed by atoms with E-state index in [4.69, 9.17) is 0 Å². The topological polar surface area (TPSA) is 33.2 Å². The maximum atomic E-state index is 12.8. The maximum Gasteiger partial charge on any atom is 0.265 e. The van der Waals surface area contributed by atoms with Gasteiger partial charge in [0.2, 0.25) is 0 Å². The summed E-state index contributed by atoms with van der Waals surface area (Å²) in [5.41, 5.74) is 1.53. The molecule has 0 unspecified atom stereocenters. The van der Waals surface area contributed by atoms with Crippen molar-refractivity contribution in [2.24, 2.45) is 0 Å². The van der Waals surface area contributed by atoms with Crippen molar-refractivity contribution in [3.63, 3.8) is 0 Å². The van der Waals surface area contributed by atoms with Crippen LogP contribution in [-0.4, -0.2) is 29.9 Å². The Kier molecular flexibility index (Phi) is 3.43. The number of aryl methyl sites for hydroxylation is 1. The van der Waals surface area contributed by atoms with Crippen molar-refractivity contribution in [3.8, 4) is 10.6 Å². The second-order valence-corrected chi connectivity index (χ2v) is 5.14.